The Hall–Kier alpha value is -2.61. The molecule has 98 valence electrons. The van der Waals surface area contributed by atoms with Crippen molar-refractivity contribution in [3.63, 3.8) is 0 Å². The second kappa shape index (κ2) is 7.67. The Kier molecular flexibility index (Phi) is 5.83. The molecule has 0 atom stereocenters. The molecule has 2 N–H and O–H groups in total. The van der Waals surface area contributed by atoms with E-state index in [9.17, 15) is 9.59 Å². The van der Waals surface area contributed by atoms with E-state index in [1.807, 2.05) is 6.07 Å². The molecule has 0 bridgehead atoms. The molecule has 5 nitrogen and oxygen atoms in total. The van der Waals surface area contributed by atoms with Crippen LogP contribution in [0.5, 0.6) is 0 Å². The van der Waals surface area contributed by atoms with Crippen LogP contribution in [-0.2, 0) is 16.1 Å². The molecule has 0 aliphatic carbocycles. The van der Waals surface area contributed by atoms with Crippen LogP contribution in [0.25, 0.3) is 0 Å². The lowest BCUT2D eigenvalue weighted by atomic mass is 10.2. The third kappa shape index (κ3) is 5.50. The maximum Gasteiger partial charge on any atom is 0.243 e. The first-order chi connectivity index (χ1) is 9.15. The van der Waals surface area contributed by atoms with Crippen LogP contribution in [0, 0.1) is 11.3 Å². The van der Waals surface area contributed by atoms with Crippen molar-refractivity contribution in [3.05, 3.63) is 42.0 Å². The van der Waals surface area contributed by atoms with Crippen LogP contribution in [0.2, 0.25) is 0 Å². The summed E-state index contributed by atoms with van der Waals surface area (Å²) in [6, 6.07) is 8.88. The van der Waals surface area contributed by atoms with Gasteiger partial charge in [-0.1, -0.05) is 18.2 Å². The predicted molar refractivity (Wildman–Crippen MR) is 72.0 cm³/mol. The van der Waals surface area contributed by atoms with Gasteiger partial charge in [0.2, 0.25) is 11.8 Å². The molecule has 0 saturated carbocycles. The molecule has 0 fully saturated rings. The summed E-state index contributed by atoms with van der Waals surface area (Å²) in [6.45, 7) is 2.15. The molecule has 0 aliphatic rings. The number of nitrogens with zero attached hydrogens (tertiary/aromatic N) is 1. The molecule has 0 aliphatic heterocycles. The zero-order valence-electron chi connectivity index (χ0n) is 10.6. The Balaban J connectivity index is 2.59. The van der Waals surface area contributed by atoms with Crippen molar-refractivity contribution in [3.8, 4) is 6.07 Å². The van der Waals surface area contributed by atoms with Gasteiger partial charge in [-0.25, -0.2) is 0 Å². The smallest absolute Gasteiger partial charge is 0.243 e. The lowest BCUT2D eigenvalue weighted by Gasteiger charge is -2.06. The Bertz CT molecular complexity index is 530. The first-order valence-electron chi connectivity index (χ1n) is 5.82. The van der Waals surface area contributed by atoms with Gasteiger partial charge in [0.1, 0.15) is 6.42 Å². The van der Waals surface area contributed by atoms with Crippen molar-refractivity contribution >= 4 is 17.5 Å². The fourth-order valence-corrected chi connectivity index (χ4v) is 1.44. The number of nitrogens with one attached hydrogen (secondary N) is 2. The highest BCUT2D eigenvalue weighted by molar-refractivity contribution is 5.92. The summed E-state index contributed by atoms with van der Waals surface area (Å²) >= 11 is 0. The van der Waals surface area contributed by atoms with E-state index in [4.69, 9.17) is 5.26 Å². The molecule has 1 aromatic rings. The van der Waals surface area contributed by atoms with E-state index in [0.717, 1.165) is 5.56 Å². The third-order valence-electron chi connectivity index (χ3n) is 2.24. The Morgan fingerprint density at radius 3 is 2.89 bits per heavy atom. The van der Waals surface area contributed by atoms with Crippen molar-refractivity contribution in [1.82, 2.24) is 5.32 Å². The number of allylic oxidation sites excluding steroid dienone is 1. The summed E-state index contributed by atoms with van der Waals surface area (Å²) in [5.74, 6) is -0.515. The first-order valence-corrected chi connectivity index (χ1v) is 5.82. The average Bonchev–Trinajstić information content (AvgIpc) is 2.37. The summed E-state index contributed by atoms with van der Waals surface area (Å²) in [7, 11) is 0. The van der Waals surface area contributed by atoms with E-state index >= 15 is 0 Å². The standard InChI is InChI=1S/C14H15N3O2/c1-2-4-13(18)16-10-11-5-3-6-12(9-11)17-14(19)7-8-15/h2-6,9H,7,10H2,1H3,(H,16,18)(H,17,19)/b4-2+. The topological polar surface area (TPSA) is 82.0 Å². The van der Waals surface area contributed by atoms with Crippen LogP contribution in [0.15, 0.2) is 36.4 Å². The van der Waals surface area contributed by atoms with E-state index < -0.39 is 0 Å². The van der Waals surface area contributed by atoms with E-state index in [-0.39, 0.29) is 18.2 Å². The third-order valence-corrected chi connectivity index (χ3v) is 2.24. The number of carbonyl (C=O) groups excluding carboxylic acids is 2. The number of hydrogen-bond donors (Lipinski definition) is 2. The van der Waals surface area contributed by atoms with Gasteiger partial charge in [-0.05, 0) is 30.7 Å². The molecular formula is C14H15N3O2. The number of amides is 2. The minimum Gasteiger partial charge on any atom is -0.348 e. The van der Waals surface area contributed by atoms with Gasteiger partial charge < -0.3 is 10.6 Å². The molecule has 2 amide bonds. The fourth-order valence-electron chi connectivity index (χ4n) is 1.44. The van der Waals surface area contributed by atoms with Gasteiger partial charge in [0.05, 0.1) is 6.07 Å². The molecule has 0 aromatic heterocycles. The van der Waals surface area contributed by atoms with Crippen LogP contribution in [0.1, 0.15) is 18.9 Å². The largest absolute Gasteiger partial charge is 0.348 e. The van der Waals surface area contributed by atoms with Crippen LogP contribution in [0.3, 0.4) is 0 Å². The lowest BCUT2D eigenvalue weighted by Crippen LogP contribution is -2.20. The molecule has 5 heteroatoms. The second-order valence-electron chi connectivity index (χ2n) is 3.80. The van der Waals surface area contributed by atoms with Crippen LogP contribution < -0.4 is 10.6 Å². The van der Waals surface area contributed by atoms with Gasteiger partial charge in [0.15, 0.2) is 0 Å². The van der Waals surface area contributed by atoms with E-state index in [1.54, 1.807) is 37.3 Å². The Morgan fingerprint density at radius 2 is 2.21 bits per heavy atom. The summed E-state index contributed by atoms with van der Waals surface area (Å²) in [4.78, 5) is 22.5. The molecule has 0 spiro atoms. The molecule has 0 radical (unpaired) electrons. The number of carbonyl (C=O) groups is 2. The number of anilines is 1. The first kappa shape index (κ1) is 14.5. The molecule has 19 heavy (non-hydrogen) atoms. The van der Waals surface area contributed by atoms with Gasteiger partial charge in [-0.3, -0.25) is 9.59 Å². The Labute approximate surface area is 111 Å². The lowest BCUT2D eigenvalue weighted by molar-refractivity contribution is -0.117. The number of benzene rings is 1. The average molecular weight is 257 g/mol. The van der Waals surface area contributed by atoms with Crippen LogP contribution in [-0.4, -0.2) is 11.8 Å². The number of nitriles is 1. The van der Waals surface area contributed by atoms with Crippen molar-refractivity contribution in [1.29, 1.82) is 5.26 Å². The summed E-state index contributed by atoms with van der Waals surface area (Å²) in [5, 5.41) is 13.7. The normalized spacial score (nSPS) is 9.89. The summed E-state index contributed by atoms with van der Waals surface area (Å²) < 4.78 is 0. The zero-order valence-corrected chi connectivity index (χ0v) is 10.6. The molecule has 1 aromatic carbocycles. The quantitative estimate of drug-likeness (QED) is 0.788. The summed E-state index contributed by atoms with van der Waals surface area (Å²) in [5.41, 5.74) is 1.48. The van der Waals surface area contributed by atoms with Gasteiger partial charge >= 0.3 is 0 Å². The van der Waals surface area contributed by atoms with Gasteiger partial charge in [0.25, 0.3) is 0 Å². The van der Waals surface area contributed by atoms with Gasteiger partial charge in [-0.2, -0.15) is 5.26 Å². The number of hydrogen-bond acceptors (Lipinski definition) is 3. The second-order valence-corrected chi connectivity index (χ2v) is 3.80. The highest BCUT2D eigenvalue weighted by atomic mass is 16.2. The predicted octanol–water partition coefficient (Wildman–Crippen LogP) is 1.73. The minimum absolute atomic E-state index is 0.165. The van der Waals surface area contributed by atoms with Gasteiger partial charge in [-0.15, -0.1) is 0 Å². The van der Waals surface area contributed by atoms with Gasteiger partial charge in [0, 0.05) is 12.2 Å². The highest BCUT2D eigenvalue weighted by Crippen LogP contribution is 2.10. The maximum atomic E-state index is 11.3. The number of rotatable bonds is 5. The zero-order chi connectivity index (χ0) is 14.1. The highest BCUT2D eigenvalue weighted by Gasteiger charge is 2.02. The van der Waals surface area contributed by atoms with Crippen LogP contribution in [0.4, 0.5) is 5.69 Å². The van der Waals surface area contributed by atoms with E-state index in [0.29, 0.717) is 12.2 Å². The SMILES string of the molecule is C/C=C/C(=O)NCc1cccc(NC(=O)CC#N)c1. The Morgan fingerprint density at radius 1 is 1.42 bits per heavy atom. The summed E-state index contributed by atoms with van der Waals surface area (Å²) in [6.07, 6.45) is 2.93. The van der Waals surface area contributed by atoms with E-state index in [1.165, 1.54) is 6.08 Å². The van der Waals surface area contributed by atoms with Crippen LogP contribution >= 0.6 is 0 Å². The van der Waals surface area contributed by atoms with E-state index in [2.05, 4.69) is 10.6 Å². The molecule has 0 saturated heterocycles. The van der Waals surface area contributed by atoms with Crippen molar-refractivity contribution < 1.29 is 9.59 Å². The molecular weight excluding hydrogens is 242 g/mol. The van der Waals surface area contributed by atoms with Crippen molar-refractivity contribution in [2.24, 2.45) is 0 Å². The molecule has 1 rings (SSSR count). The molecule has 0 heterocycles. The maximum absolute atomic E-state index is 11.3. The monoisotopic (exact) mass is 257 g/mol. The molecule has 0 unspecified atom stereocenters. The fraction of sp³-hybridized carbons (Fsp3) is 0.214. The van der Waals surface area contributed by atoms with Crippen molar-refractivity contribution in [2.75, 3.05) is 5.32 Å². The minimum atomic E-state index is -0.349. The van der Waals surface area contributed by atoms with Crippen molar-refractivity contribution in [2.45, 2.75) is 19.9 Å².